The minimum atomic E-state index is -0.497. The summed E-state index contributed by atoms with van der Waals surface area (Å²) in [4.78, 5) is 43.7. The summed E-state index contributed by atoms with van der Waals surface area (Å²) in [6.45, 7) is 7.80. The van der Waals surface area contributed by atoms with Gasteiger partial charge in [-0.05, 0) is 31.3 Å². The van der Waals surface area contributed by atoms with Gasteiger partial charge in [0.05, 0.1) is 5.39 Å². The van der Waals surface area contributed by atoms with Crippen LogP contribution in [0.25, 0.3) is 11.0 Å². The Hall–Kier alpha value is -3.46. The molecule has 0 saturated carbocycles. The van der Waals surface area contributed by atoms with Crippen LogP contribution < -0.4 is 21.3 Å². The zero-order valence-corrected chi connectivity index (χ0v) is 18.9. The number of rotatable bonds is 9. The fraction of sp³-hybridized carbons (Fsp3) is 0.391. The number of para-hydroxylation sites is 1. The fourth-order valence-corrected chi connectivity index (χ4v) is 3.46. The molecule has 32 heavy (non-hydrogen) atoms. The molecule has 1 aromatic carbocycles. The van der Waals surface area contributed by atoms with E-state index in [4.69, 9.17) is 4.74 Å². The molecule has 9 nitrogen and oxygen atoms in total. The number of hydrogen-bond donors (Lipinski definition) is 1. The normalized spacial score (nSPS) is 11.2. The van der Waals surface area contributed by atoms with E-state index in [-0.39, 0.29) is 23.3 Å². The molecule has 3 rings (SSSR count). The quantitative estimate of drug-likeness (QED) is 0.539. The smallest absolute Gasteiger partial charge is 0.332 e. The fourth-order valence-electron chi connectivity index (χ4n) is 3.46. The molecule has 0 atom stereocenters. The van der Waals surface area contributed by atoms with Gasteiger partial charge in [0.25, 0.3) is 11.5 Å². The SMILES string of the molecule is CCN(CC)CCOc1ccccc1CNC(=O)c1ccc2c(=O)n(C)c(=O)n(C)c2n1. The molecular weight excluding hydrogens is 410 g/mol. The molecule has 9 heteroatoms. The summed E-state index contributed by atoms with van der Waals surface area (Å²) in [5.74, 6) is 0.315. The summed E-state index contributed by atoms with van der Waals surface area (Å²) in [5.41, 5.74) is 0.204. The van der Waals surface area contributed by atoms with Gasteiger partial charge < -0.3 is 15.0 Å². The molecule has 0 aliphatic rings. The number of nitrogens with zero attached hydrogens (tertiary/aromatic N) is 4. The Morgan fingerprint density at radius 1 is 1.06 bits per heavy atom. The lowest BCUT2D eigenvalue weighted by Gasteiger charge is -2.19. The third-order valence-corrected chi connectivity index (χ3v) is 5.51. The van der Waals surface area contributed by atoms with E-state index in [1.807, 2.05) is 24.3 Å². The molecule has 0 radical (unpaired) electrons. The number of ether oxygens (including phenoxy) is 1. The van der Waals surface area contributed by atoms with Crippen molar-refractivity contribution in [2.24, 2.45) is 14.1 Å². The molecule has 1 amide bonds. The standard InChI is InChI=1S/C23H29N5O4/c1-5-28(6-2)13-14-32-19-10-8-7-9-16(19)15-24-21(29)18-12-11-17-20(25-18)26(3)23(31)27(4)22(17)30/h7-12H,5-6,13-15H2,1-4H3,(H,24,29). The highest BCUT2D eigenvalue weighted by molar-refractivity contribution is 5.94. The van der Waals surface area contributed by atoms with Gasteiger partial charge in [0.2, 0.25) is 0 Å². The number of aromatic nitrogens is 3. The van der Waals surface area contributed by atoms with Crippen LogP contribution >= 0.6 is 0 Å². The van der Waals surface area contributed by atoms with Crippen molar-refractivity contribution in [1.29, 1.82) is 0 Å². The number of carbonyl (C=O) groups excluding carboxylic acids is 1. The van der Waals surface area contributed by atoms with Crippen LogP contribution in [0.3, 0.4) is 0 Å². The van der Waals surface area contributed by atoms with Crippen LogP contribution in [0.2, 0.25) is 0 Å². The average molecular weight is 440 g/mol. The second-order valence-corrected chi connectivity index (χ2v) is 7.44. The lowest BCUT2D eigenvalue weighted by Crippen LogP contribution is -2.37. The van der Waals surface area contributed by atoms with Crippen molar-refractivity contribution in [2.45, 2.75) is 20.4 Å². The van der Waals surface area contributed by atoms with Crippen LogP contribution in [0.1, 0.15) is 29.9 Å². The highest BCUT2D eigenvalue weighted by Crippen LogP contribution is 2.18. The van der Waals surface area contributed by atoms with Crippen LogP contribution in [-0.2, 0) is 20.6 Å². The maximum absolute atomic E-state index is 12.7. The van der Waals surface area contributed by atoms with Gasteiger partial charge in [-0.15, -0.1) is 0 Å². The van der Waals surface area contributed by atoms with E-state index in [2.05, 4.69) is 29.0 Å². The van der Waals surface area contributed by atoms with Gasteiger partial charge in [-0.25, -0.2) is 9.78 Å². The van der Waals surface area contributed by atoms with Crippen molar-refractivity contribution in [1.82, 2.24) is 24.3 Å². The van der Waals surface area contributed by atoms with E-state index < -0.39 is 17.2 Å². The van der Waals surface area contributed by atoms with E-state index in [9.17, 15) is 14.4 Å². The molecule has 0 saturated heterocycles. The number of nitrogens with one attached hydrogen (secondary N) is 1. The molecule has 170 valence electrons. The maximum atomic E-state index is 12.7. The van der Waals surface area contributed by atoms with E-state index in [1.54, 1.807) is 0 Å². The first-order valence-corrected chi connectivity index (χ1v) is 10.6. The Labute approximate surface area is 186 Å². The summed E-state index contributed by atoms with van der Waals surface area (Å²) in [6, 6.07) is 10.6. The van der Waals surface area contributed by atoms with E-state index in [0.717, 1.165) is 35.5 Å². The van der Waals surface area contributed by atoms with Gasteiger partial charge in [-0.3, -0.25) is 18.7 Å². The molecule has 0 unspecified atom stereocenters. The topological polar surface area (TPSA) is 98.5 Å². The summed E-state index contributed by atoms with van der Waals surface area (Å²) < 4.78 is 8.21. The molecule has 0 spiro atoms. The van der Waals surface area contributed by atoms with Crippen LogP contribution in [0.5, 0.6) is 5.75 Å². The molecule has 0 fully saturated rings. The first-order chi connectivity index (χ1) is 15.4. The third kappa shape index (κ3) is 4.88. The number of hydrogen-bond acceptors (Lipinski definition) is 6. The first-order valence-electron chi connectivity index (χ1n) is 10.6. The molecule has 0 aliphatic heterocycles. The van der Waals surface area contributed by atoms with Crippen LogP contribution in [0, 0.1) is 0 Å². The number of benzene rings is 1. The van der Waals surface area contributed by atoms with Crippen molar-refractivity contribution in [3.63, 3.8) is 0 Å². The van der Waals surface area contributed by atoms with Crippen molar-refractivity contribution < 1.29 is 9.53 Å². The second kappa shape index (κ2) is 10.2. The lowest BCUT2D eigenvalue weighted by atomic mass is 10.2. The van der Waals surface area contributed by atoms with Gasteiger partial charge in [0.15, 0.2) is 0 Å². The molecule has 0 aliphatic carbocycles. The predicted octanol–water partition coefficient (Wildman–Crippen LogP) is 1.28. The Bertz CT molecular complexity index is 1230. The van der Waals surface area contributed by atoms with Gasteiger partial charge in [-0.2, -0.15) is 0 Å². The summed E-state index contributed by atoms with van der Waals surface area (Å²) >= 11 is 0. The summed E-state index contributed by atoms with van der Waals surface area (Å²) in [6.07, 6.45) is 0. The monoisotopic (exact) mass is 439 g/mol. The summed E-state index contributed by atoms with van der Waals surface area (Å²) in [5, 5.41) is 3.12. The van der Waals surface area contributed by atoms with E-state index in [1.165, 1.54) is 30.8 Å². The Morgan fingerprint density at radius 3 is 2.50 bits per heavy atom. The number of pyridine rings is 1. The minimum absolute atomic E-state index is 0.126. The zero-order chi connectivity index (χ0) is 23.3. The lowest BCUT2D eigenvalue weighted by molar-refractivity contribution is 0.0946. The van der Waals surface area contributed by atoms with Crippen molar-refractivity contribution in [2.75, 3.05) is 26.2 Å². The molecular formula is C23H29N5O4. The Morgan fingerprint density at radius 2 is 1.78 bits per heavy atom. The number of aryl methyl sites for hydroxylation is 1. The van der Waals surface area contributed by atoms with Crippen LogP contribution in [-0.4, -0.2) is 51.2 Å². The number of likely N-dealkylation sites (N-methyl/N-ethyl adjacent to an activating group) is 1. The van der Waals surface area contributed by atoms with Crippen molar-refractivity contribution in [3.05, 3.63) is 68.5 Å². The molecule has 1 N–H and O–H groups in total. The Kier molecular flexibility index (Phi) is 7.42. The van der Waals surface area contributed by atoms with E-state index >= 15 is 0 Å². The average Bonchev–Trinajstić information content (AvgIpc) is 2.82. The zero-order valence-electron chi connectivity index (χ0n) is 18.9. The van der Waals surface area contributed by atoms with E-state index in [0.29, 0.717) is 6.61 Å². The largest absolute Gasteiger partial charge is 0.492 e. The molecule has 2 aromatic heterocycles. The van der Waals surface area contributed by atoms with Crippen LogP contribution in [0.4, 0.5) is 0 Å². The molecule has 2 heterocycles. The minimum Gasteiger partial charge on any atom is -0.492 e. The highest BCUT2D eigenvalue weighted by Gasteiger charge is 2.14. The van der Waals surface area contributed by atoms with Crippen molar-refractivity contribution >= 4 is 16.9 Å². The first kappa shape index (κ1) is 23.2. The Balaban J connectivity index is 1.73. The maximum Gasteiger partial charge on any atom is 0.332 e. The van der Waals surface area contributed by atoms with Gasteiger partial charge in [-0.1, -0.05) is 32.0 Å². The highest BCUT2D eigenvalue weighted by atomic mass is 16.5. The van der Waals surface area contributed by atoms with Crippen LogP contribution in [0.15, 0.2) is 46.0 Å². The second-order valence-electron chi connectivity index (χ2n) is 7.44. The molecule has 0 bridgehead atoms. The number of fused-ring (bicyclic) bond motifs is 1. The third-order valence-electron chi connectivity index (χ3n) is 5.51. The van der Waals surface area contributed by atoms with Gasteiger partial charge >= 0.3 is 5.69 Å². The van der Waals surface area contributed by atoms with Crippen molar-refractivity contribution in [3.8, 4) is 5.75 Å². The van der Waals surface area contributed by atoms with Gasteiger partial charge in [0, 0.05) is 32.7 Å². The number of carbonyl (C=O) groups is 1. The summed E-state index contributed by atoms with van der Waals surface area (Å²) in [7, 11) is 2.93. The predicted molar refractivity (Wildman–Crippen MR) is 123 cm³/mol. The number of amides is 1. The van der Waals surface area contributed by atoms with Gasteiger partial charge in [0.1, 0.15) is 23.7 Å². The molecule has 3 aromatic rings.